The lowest BCUT2D eigenvalue weighted by Gasteiger charge is -2.02. The molecule has 1 rings (SSSR count). The lowest BCUT2D eigenvalue weighted by Crippen LogP contribution is -2.11. The third-order valence-electron chi connectivity index (χ3n) is 1.56. The normalized spacial score (nSPS) is 9.86. The SMILES string of the molecule is CCOC(=O)c1ccnc(CCN)n1. The fourth-order valence-corrected chi connectivity index (χ4v) is 0.967. The minimum Gasteiger partial charge on any atom is -0.461 e. The number of esters is 1. The van der Waals surface area contributed by atoms with Crippen LogP contribution < -0.4 is 5.73 Å². The highest BCUT2D eigenvalue weighted by Crippen LogP contribution is 1.98. The first-order chi connectivity index (χ1) is 6.77. The van der Waals surface area contributed by atoms with Gasteiger partial charge in [0.2, 0.25) is 0 Å². The van der Waals surface area contributed by atoms with E-state index in [1.165, 1.54) is 12.3 Å². The van der Waals surface area contributed by atoms with Gasteiger partial charge >= 0.3 is 5.97 Å². The van der Waals surface area contributed by atoms with Crippen LogP contribution in [0.1, 0.15) is 23.2 Å². The van der Waals surface area contributed by atoms with Crippen LogP contribution in [0.2, 0.25) is 0 Å². The van der Waals surface area contributed by atoms with Gasteiger partial charge in [0.1, 0.15) is 5.82 Å². The molecular weight excluding hydrogens is 182 g/mol. The summed E-state index contributed by atoms with van der Waals surface area (Å²) in [6.45, 7) is 2.56. The molecule has 0 amide bonds. The zero-order chi connectivity index (χ0) is 10.4. The lowest BCUT2D eigenvalue weighted by molar-refractivity contribution is 0.0519. The van der Waals surface area contributed by atoms with Crippen molar-refractivity contribution in [2.24, 2.45) is 5.73 Å². The van der Waals surface area contributed by atoms with Gasteiger partial charge in [0, 0.05) is 12.6 Å². The topological polar surface area (TPSA) is 78.1 Å². The molecule has 14 heavy (non-hydrogen) atoms. The van der Waals surface area contributed by atoms with E-state index in [4.69, 9.17) is 10.5 Å². The maximum absolute atomic E-state index is 11.3. The summed E-state index contributed by atoms with van der Waals surface area (Å²) in [7, 11) is 0. The van der Waals surface area contributed by atoms with Gasteiger partial charge < -0.3 is 10.5 Å². The summed E-state index contributed by atoms with van der Waals surface area (Å²) in [6, 6.07) is 1.53. The molecule has 0 aliphatic heterocycles. The average molecular weight is 195 g/mol. The van der Waals surface area contributed by atoms with Crippen molar-refractivity contribution in [1.82, 2.24) is 9.97 Å². The Kier molecular flexibility index (Phi) is 4.00. The lowest BCUT2D eigenvalue weighted by atomic mass is 10.3. The molecule has 1 aromatic rings. The van der Waals surface area contributed by atoms with Crippen molar-refractivity contribution in [2.75, 3.05) is 13.2 Å². The van der Waals surface area contributed by atoms with Crippen molar-refractivity contribution < 1.29 is 9.53 Å². The van der Waals surface area contributed by atoms with Crippen molar-refractivity contribution in [1.29, 1.82) is 0 Å². The number of hydrogen-bond donors (Lipinski definition) is 1. The molecule has 1 heterocycles. The average Bonchev–Trinajstić information content (AvgIpc) is 2.19. The molecular formula is C9H13N3O2. The van der Waals surface area contributed by atoms with E-state index in [0.29, 0.717) is 25.4 Å². The molecule has 0 aromatic carbocycles. The van der Waals surface area contributed by atoms with E-state index in [-0.39, 0.29) is 5.69 Å². The third-order valence-corrected chi connectivity index (χ3v) is 1.56. The van der Waals surface area contributed by atoms with Crippen molar-refractivity contribution in [3.8, 4) is 0 Å². The van der Waals surface area contributed by atoms with Crippen LogP contribution in [0.25, 0.3) is 0 Å². The van der Waals surface area contributed by atoms with E-state index in [9.17, 15) is 4.79 Å². The van der Waals surface area contributed by atoms with Gasteiger partial charge in [-0.1, -0.05) is 0 Å². The van der Waals surface area contributed by atoms with Gasteiger partial charge in [0.25, 0.3) is 0 Å². The summed E-state index contributed by atoms with van der Waals surface area (Å²) in [4.78, 5) is 19.2. The number of carbonyl (C=O) groups is 1. The number of nitrogens with zero attached hydrogens (tertiary/aromatic N) is 2. The number of carbonyl (C=O) groups excluding carboxylic acids is 1. The number of nitrogens with two attached hydrogens (primary N) is 1. The maximum atomic E-state index is 11.3. The molecule has 0 aliphatic rings. The number of aromatic nitrogens is 2. The predicted molar refractivity (Wildman–Crippen MR) is 50.7 cm³/mol. The highest BCUT2D eigenvalue weighted by atomic mass is 16.5. The van der Waals surface area contributed by atoms with Crippen LogP contribution in [0.15, 0.2) is 12.3 Å². The molecule has 0 saturated heterocycles. The van der Waals surface area contributed by atoms with Gasteiger partial charge in [-0.2, -0.15) is 0 Å². The van der Waals surface area contributed by atoms with Gasteiger partial charge in [-0.25, -0.2) is 14.8 Å². The molecule has 0 atom stereocenters. The Morgan fingerprint density at radius 3 is 3.07 bits per heavy atom. The monoisotopic (exact) mass is 195 g/mol. The van der Waals surface area contributed by atoms with E-state index in [1.54, 1.807) is 6.92 Å². The molecule has 0 fully saturated rings. The quantitative estimate of drug-likeness (QED) is 0.692. The zero-order valence-corrected chi connectivity index (χ0v) is 8.06. The second-order valence-electron chi connectivity index (χ2n) is 2.62. The first kappa shape index (κ1) is 10.6. The molecule has 0 saturated carbocycles. The van der Waals surface area contributed by atoms with Crippen molar-refractivity contribution in [3.63, 3.8) is 0 Å². The third kappa shape index (κ3) is 2.77. The summed E-state index contributed by atoms with van der Waals surface area (Å²) in [5.74, 6) is 0.145. The molecule has 0 bridgehead atoms. The van der Waals surface area contributed by atoms with Gasteiger partial charge in [-0.3, -0.25) is 0 Å². The van der Waals surface area contributed by atoms with E-state index in [0.717, 1.165) is 0 Å². The first-order valence-corrected chi connectivity index (χ1v) is 4.47. The van der Waals surface area contributed by atoms with Gasteiger partial charge in [0.05, 0.1) is 6.61 Å². The molecule has 0 unspecified atom stereocenters. The Morgan fingerprint density at radius 1 is 1.64 bits per heavy atom. The summed E-state index contributed by atoms with van der Waals surface area (Å²) in [5, 5.41) is 0. The van der Waals surface area contributed by atoms with Crippen LogP contribution >= 0.6 is 0 Å². The van der Waals surface area contributed by atoms with Crippen LogP contribution in [0, 0.1) is 0 Å². The summed E-state index contributed by atoms with van der Waals surface area (Å²) in [6.07, 6.45) is 2.09. The fourth-order valence-electron chi connectivity index (χ4n) is 0.967. The molecule has 0 radical (unpaired) electrons. The van der Waals surface area contributed by atoms with Crippen molar-refractivity contribution in [2.45, 2.75) is 13.3 Å². The van der Waals surface area contributed by atoms with E-state index in [2.05, 4.69) is 9.97 Å². The standard InChI is InChI=1S/C9H13N3O2/c1-2-14-9(13)7-4-6-11-8(12-7)3-5-10/h4,6H,2-3,5,10H2,1H3. The summed E-state index contributed by atoms with van der Waals surface area (Å²) in [5.41, 5.74) is 5.63. The van der Waals surface area contributed by atoms with Crippen LogP contribution in [0.4, 0.5) is 0 Å². The number of ether oxygens (including phenoxy) is 1. The minimum absolute atomic E-state index is 0.283. The Bertz CT molecular complexity index is 315. The Morgan fingerprint density at radius 2 is 2.43 bits per heavy atom. The molecule has 0 spiro atoms. The smallest absolute Gasteiger partial charge is 0.357 e. The molecule has 0 aliphatic carbocycles. The molecule has 1 aromatic heterocycles. The van der Waals surface area contributed by atoms with E-state index >= 15 is 0 Å². The fraction of sp³-hybridized carbons (Fsp3) is 0.444. The maximum Gasteiger partial charge on any atom is 0.357 e. The largest absolute Gasteiger partial charge is 0.461 e. The van der Waals surface area contributed by atoms with Gasteiger partial charge in [0.15, 0.2) is 5.69 Å². The number of rotatable bonds is 4. The molecule has 2 N–H and O–H groups in total. The van der Waals surface area contributed by atoms with Gasteiger partial charge in [-0.05, 0) is 19.5 Å². The first-order valence-electron chi connectivity index (χ1n) is 4.47. The van der Waals surface area contributed by atoms with Crippen molar-refractivity contribution in [3.05, 3.63) is 23.8 Å². The van der Waals surface area contributed by atoms with E-state index in [1.807, 2.05) is 0 Å². The number of hydrogen-bond acceptors (Lipinski definition) is 5. The Balaban J connectivity index is 2.77. The van der Waals surface area contributed by atoms with Crippen LogP contribution in [0.5, 0.6) is 0 Å². The second-order valence-corrected chi connectivity index (χ2v) is 2.62. The highest BCUT2D eigenvalue weighted by molar-refractivity contribution is 5.87. The summed E-state index contributed by atoms with van der Waals surface area (Å²) >= 11 is 0. The molecule has 5 nitrogen and oxygen atoms in total. The van der Waals surface area contributed by atoms with E-state index < -0.39 is 5.97 Å². The molecule has 76 valence electrons. The van der Waals surface area contributed by atoms with Gasteiger partial charge in [-0.15, -0.1) is 0 Å². The molecule has 5 heteroatoms. The van der Waals surface area contributed by atoms with Crippen molar-refractivity contribution >= 4 is 5.97 Å². The Hall–Kier alpha value is -1.49. The highest BCUT2D eigenvalue weighted by Gasteiger charge is 2.08. The summed E-state index contributed by atoms with van der Waals surface area (Å²) < 4.78 is 4.80. The zero-order valence-electron chi connectivity index (χ0n) is 8.06. The predicted octanol–water partition coefficient (Wildman–Crippen LogP) is 0.154. The Labute approximate surface area is 82.3 Å². The van der Waals surface area contributed by atoms with Crippen LogP contribution in [-0.2, 0) is 11.2 Å². The van der Waals surface area contributed by atoms with Crippen LogP contribution in [0.3, 0.4) is 0 Å². The second kappa shape index (κ2) is 5.29. The van der Waals surface area contributed by atoms with Crippen LogP contribution in [-0.4, -0.2) is 29.1 Å². The minimum atomic E-state index is -0.423.